The first-order valence-corrected chi connectivity index (χ1v) is 12.0. The molecular weight excluding hydrogens is 470 g/mol. The van der Waals surface area contributed by atoms with Crippen LogP contribution in [0.2, 0.25) is 0 Å². The van der Waals surface area contributed by atoms with Crippen LogP contribution in [0.15, 0.2) is 71.5 Å². The number of benzene rings is 3. The SMILES string of the molecule is CCn1c(=O)c2cc(Cc3ccc([N+](=O)[O-])cc3)n(-c3ccc(C)cc3)c2c2c(OC)cc(OC)cc21. The van der Waals surface area contributed by atoms with Gasteiger partial charge in [-0.05, 0) is 37.6 Å². The Balaban J connectivity index is 1.88. The lowest BCUT2D eigenvalue weighted by Gasteiger charge is -2.17. The quantitative estimate of drug-likeness (QED) is 0.210. The molecule has 8 heteroatoms. The highest BCUT2D eigenvalue weighted by Crippen LogP contribution is 2.38. The number of nitro benzene ring substituents is 1. The lowest BCUT2D eigenvalue weighted by Crippen LogP contribution is -2.20. The summed E-state index contributed by atoms with van der Waals surface area (Å²) in [7, 11) is 3.20. The van der Waals surface area contributed by atoms with Gasteiger partial charge in [-0.25, -0.2) is 0 Å². The molecule has 0 aliphatic rings. The van der Waals surface area contributed by atoms with Crippen molar-refractivity contribution >= 4 is 27.5 Å². The minimum Gasteiger partial charge on any atom is -0.497 e. The lowest BCUT2D eigenvalue weighted by atomic mass is 10.1. The van der Waals surface area contributed by atoms with Crippen LogP contribution in [0, 0.1) is 17.0 Å². The number of nitro groups is 1. The number of pyridine rings is 1. The zero-order valence-electron chi connectivity index (χ0n) is 21.1. The molecule has 0 radical (unpaired) electrons. The average Bonchev–Trinajstić information content (AvgIpc) is 3.28. The van der Waals surface area contributed by atoms with E-state index in [1.165, 1.54) is 12.1 Å². The normalized spacial score (nSPS) is 11.2. The summed E-state index contributed by atoms with van der Waals surface area (Å²) in [6.45, 7) is 4.45. The van der Waals surface area contributed by atoms with Crippen molar-refractivity contribution < 1.29 is 14.4 Å². The Bertz CT molecular complexity index is 1700. The van der Waals surface area contributed by atoms with Gasteiger partial charge >= 0.3 is 0 Å². The van der Waals surface area contributed by atoms with E-state index >= 15 is 0 Å². The number of hydrogen-bond acceptors (Lipinski definition) is 5. The maximum absolute atomic E-state index is 13.8. The predicted octanol–water partition coefficient (Wildman–Crippen LogP) is 5.79. The summed E-state index contributed by atoms with van der Waals surface area (Å²) < 4.78 is 15.1. The minimum absolute atomic E-state index is 0.0401. The van der Waals surface area contributed by atoms with Crippen molar-refractivity contribution in [2.24, 2.45) is 0 Å². The van der Waals surface area contributed by atoms with E-state index in [0.29, 0.717) is 29.9 Å². The highest BCUT2D eigenvalue weighted by atomic mass is 16.6. The fraction of sp³-hybridized carbons (Fsp3) is 0.207. The van der Waals surface area contributed by atoms with Crippen molar-refractivity contribution in [1.82, 2.24) is 9.13 Å². The molecule has 0 bridgehead atoms. The summed E-state index contributed by atoms with van der Waals surface area (Å²) in [6, 6.07) is 20.3. The monoisotopic (exact) mass is 497 g/mol. The number of non-ortho nitro benzene ring substituents is 1. The highest BCUT2D eigenvalue weighted by molar-refractivity contribution is 6.09. The molecule has 0 atom stereocenters. The van der Waals surface area contributed by atoms with Gasteiger partial charge in [0.1, 0.15) is 11.5 Å². The van der Waals surface area contributed by atoms with E-state index < -0.39 is 4.92 Å². The molecule has 0 spiro atoms. The standard InChI is InChI=1S/C29H27N3O5/c1-5-30-25-16-23(36-3)17-26(37-4)27(25)28-24(29(30)33)15-22(31(28)20-10-6-18(2)7-11-20)14-19-8-12-21(13-9-19)32(34)35/h6-13,15-17H,5,14H2,1-4H3. The summed E-state index contributed by atoms with van der Waals surface area (Å²) in [4.78, 5) is 24.5. The minimum atomic E-state index is -0.410. The molecule has 37 heavy (non-hydrogen) atoms. The van der Waals surface area contributed by atoms with Gasteiger partial charge in [0.05, 0.1) is 40.9 Å². The fourth-order valence-corrected chi connectivity index (χ4v) is 4.91. The van der Waals surface area contributed by atoms with Gasteiger partial charge in [-0.2, -0.15) is 0 Å². The molecule has 2 heterocycles. The number of fused-ring (bicyclic) bond motifs is 3. The fourth-order valence-electron chi connectivity index (χ4n) is 4.91. The van der Waals surface area contributed by atoms with Crippen molar-refractivity contribution in [1.29, 1.82) is 0 Å². The largest absolute Gasteiger partial charge is 0.497 e. The zero-order valence-corrected chi connectivity index (χ0v) is 21.1. The molecule has 0 saturated heterocycles. The molecule has 188 valence electrons. The van der Waals surface area contributed by atoms with E-state index in [9.17, 15) is 14.9 Å². The number of ether oxygens (including phenoxy) is 2. The summed E-state index contributed by atoms with van der Waals surface area (Å²) in [5.74, 6) is 1.21. The third-order valence-electron chi connectivity index (χ3n) is 6.73. The van der Waals surface area contributed by atoms with Gasteiger partial charge in [0.2, 0.25) is 0 Å². The van der Waals surface area contributed by atoms with Gasteiger partial charge in [0.15, 0.2) is 0 Å². The molecule has 8 nitrogen and oxygen atoms in total. The van der Waals surface area contributed by atoms with Crippen LogP contribution >= 0.6 is 0 Å². The molecular formula is C29H27N3O5. The van der Waals surface area contributed by atoms with Crippen LogP contribution in [0.3, 0.4) is 0 Å². The van der Waals surface area contributed by atoms with E-state index in [-0.39, 0.29) is 11.2 Å². The van der Waals surface area contributed by atoms with E-state index in [4.69, 9.17) is 9.47 Å². The predicted molar refractivity (Wildman–Crippen MR) is 144 cm³/mol. The van der Waals surface area contributed by atoms with Gasteiger partial charge in [-0.3, -0.25) is 14.9 Å². The van der Waals surface area contributed by atoms with Crippen molar-refractivity contribution in [3.05, 3.63) is 104 Å². The first-order valence-electron chi connectivity index (χ1n) is 12.0. The number of hydrogen-bond donors (Lipinski definition) is 0. The Morgan fingerprint density at radius 1 is 0.946 bits per heavy atom. The van der Waals surface area contributed by atoms with Crippen LogP contribution in [-0.4, -0.2) is 28.3 Å². The van der Waals surface area contributed by atoms with Gasteiger partial charge < -0.3 is 18.6 Å². The smallest absolute Gasteiger partial charge is 0.269 e. The summed E-state index contributed by atoms with van der Waals surface area (Å²) >= 11 is 0. The maximum Gasteiger partial charge on any atom is 0.269 e. The Kier molecular flexibility index (Phi) is 6.17. The molecule has 0 amide bonds. The van der Waals surface area contributed by atoms with E-state index in [2.05, 4.69) is 4.57 Å². The van der Waals surface area contributed by atoms with Crippen molar-refractivity contribution in [3.8, 4) is 17.2 Å². The number of rotatable bonds is 7. The molecule has 0 saturated carbocycles. The third kappa shape index (κ3) is 4.10. The number of aromatic nitrogens is 2. The maximum atomic E-state index is 13.8. The van der Waals surface area contributed by atoms with E-state index in [1.54, 1.807) is 30.9 Å². The van der Waals surface area contributed by atoms with E-state index in [0.717, 1.165) is 38.9 Å². The Morgan fingerprint density at radius 3 is 2.24 bits per heavy atom. The van der Waals surface area contributed by atoms with Crippen molar-refractivity contribution in [2.45, 2.75) is 26.8 Å². The second kappa shape index (κ2) is 9.46. The molecule has 3 aromatic carbocycles. The average molecular weight is 498 g/mol. The second-order valence-electron chi connectivity index (χ2n) is 8.94. The molecule has 0 N–H and O–H groups in total. The molecule has 5 rings (SSSR count). The molecule has 0 aliphatic carbocycles. The van der Waals surface area contributed by atoms with E-state index in [1.807, 2.05) is 56.3 Å². The highest BCUT2D eigenvalue weighted by Gasteiger charge is 2.22. The number of nitrogens with zero attached hydrogens (tertiary/aromatic N) is 3. The topological polar surface area (TPSA) is 88.5 Å². The first kappa shape index (κ1) is 24.1. The molecule has 0 fully saturated rings. The van der Waals surface area contributed by atoms with Crippen LogP contribution in [0.1, 0.15) is 23.7 Å². The first-order chi connectivity index (χ1) is 17.9. The molecule has 2 aromatic heterocycles. The molecule has 5 aromatic rings. The van der Waals surface area contributed by atoms with Crippen molar-refractivity contribution in [3.63, 3.8) is 0 Å². The third-order valence-corrected chi connectivity index (χ3v) is 6.73. The van der Waals surface area contributed by atoms with Crippen LogP contribution in [-0.2, 0) is 13.0 Å². The van der Waals surface area contributed by atoms with Crippen LogP contribution in [0.5, 0.6) is 11.5 Å². The summed E-state index contributed by atoms with van der Waals surface area (Å²) in [5, 5.41) is 12.5. The molecule has 0 aliphatic heterocycles. The Hall–Kier alpha value is -4.59. The Morgan fingerprint density at radius 2 is 1.65 bits per heavy atom. The van der Waals surface area contributed by atoms with Gasteiger partial charge in [-0.15, -0.1) is 0 Å². The summed E-state index contributed by atoms with van der Waals surface area (Å²) in [5.41, 5.74) is 5.24. The van der Waals surface area contributed by atoms with Gasteiger partial charge in [0, 0.05) is 48.6 Å². The molecule has 0 unspecified atom stereocenters. The second-order valence-corrected chi connectivity index (χ2v) is 8.94. The van der Waals surface area contributed by atoms with Gasteiger partial charge in [-0.1, -0.05) is 29.8 Å². The van der Waals surface area contributed by atoms with Crippen molar-refractivity contribution in [2.75, 3.05) is 14.2 Å². The number of aryl methyl sites for hydroxylation is 2. The van der Waals surface area contributed by atoms with Crippen LogP contribution < -0.4 is 15.0 Å². The Labute approximate surface area is 213 Å². The number of methoxy groups -OCH3 is 2. The van der Waals surface area contributed by atoms with Crippen LogP contribution in [0.25, 0.3) is 27.5 Å². The van der Waals surface area contributed by atoms with Crippen LogP contribution in [0.4, 0.5) is 5.69 Å². The lowest BCUT2D eigenvalue weighted by molar-refractivity contribution is -0.384. The zero-order chi connectivity index (χ0) is 26.3. The summed E-state index contributed by atoms with van der Waals surface area (Å²) in [6.07, 6.45) is 0.478. The van der Waals surface area contributed by atoms with Gasteiger partial charge in [0.25, 0.3) is 11.2 Å².